The van der Waals surface area contributed by atoms with Crippen LogP contribution in [0.4, 0.5) is 0 Å². The molecule has 0 bridgehead atoms. The van der Waals surface area contributed by atoms with Crippen molar-refractivity contribution in [1.29, 1.82) is 0 Å². The van der Waals surface area contributed by atoms with Gasteiger partial charge in [0.2, 0.25) is 0 Å². The molecule has 1 saturated heterocycles. The molecule has 1 saturated carbocycles. The van der Waals surface area contributed by atoms with Crippen LogP contribution in [-0.4, -0.2) is 53.6 Å². The lowest BCUT2D eigenvalue weighted by Crippen LogP contribution is -2.63. The Bertz CT molecular complexity index is 289. The first-order valence-electron chi connectivity index (χ1n) is 8.14. The summed E-state index contributed by atoms with van der Waals surface area (Å²) in [5.41, 5.74) is 6.86. The summed E-state index contributed by atoms with van der Waals surface area (Å²) in [5, 5.41) is 0. The van der Waals surface area contributed by atoms with Gasteiger partial charge in [-0.2, -0.15) is 0 Å². The van der Waals surface area contributed by atoms with Gasteiger partial charge in [0.05, 0.1) is 0 Å². The Morgan fingerprint density at radius 1 is 1.16 bits per heavy atom. The molecule has 19 heavy (non-hydrogen) atoms. The zero-order valence-corrected chi connectivity index (χ0v) is 13.4. The van der Waals surface area contributed by atoms with Crippen LogP contribution >= 0.6 is 0 Å². The molecule has 1 heterocycles. The van der Waals surface area contributed by atoms with Crippen molar-refractivity contribution in [2.75, 3.05) is 32.7 Å². The first-order valence-corrected chi connectivity index (χ1v) is 8.14. The minimum Gasteiger partial charge on any atom is -0.329 e. The van der Waals surface area contributed by atoms with Crippen LogP contribution < -0.4 is 5.73 Å². The highest BCUT2D eigenvalue weighted by atomic mass is 15.3. The van der Waals surface area contributed by atoms with Crippen LogP contribution in [0.1, 0.15) is 53.4 Å². The van der Waals surface area contributed by atoms with Crippen molar-refractivity contribution in [3.8, 4) is 0 Å². The fourth-order valence-corrected chi connectivity index (χ4v) is 4.35. The molecule has 3 nitrogen and oxygen atoms in total. The first kappa shape index (κ1) is 15.3. The largest absolute Gasteiger partial charge is 0.329 e. The van der Waals surface area contributed by atoms with Gasteiger partial charge in [-0.3, -0.25) is 9.80 Å². The Balaban J connectivity index is 2.03. The normalized spacial score (nSPS) is 34.9. The molecule has 0 aromatic carbocycles. The smallest absolute Gasteiger partial charge is 0.0360 e. The van der Waals surface area contributed by atoms with E-state index in [0.29, 0.717) is 11.1 Å². The van der Waals surface area contributed by atoms with Crippen molar-refractivity contribution in [1.82, 2.24) is 9.80 Å². The van der Waals surface area contributed by atoms with Gasteiger partial charge in [0.1, 0.15) is 0 Å². The van der Waals surface area contributed by atoms with Crippen molar-refractivity contribution in [3.63, 3.8) is 0 Å². The zero-order valence-electron chi connectivity index (χ0n) is 13.4. The molecule has 0 aromatic rings. The summed E-state index contributed by atoms with van der Waals surface area (Å²) in [6.07, 6.45) is 5.36. The van der Waals surface area contributed by atoms with E-state index in [4.69, 9.17) is 5.73 Å². The van der Waals surface area contributed by atoms with Crippen LogP contribution in [0.3, 0.4) is 0 Å². The topological polar surface area (TPSA) is 32.5 Å². The standard InChI is InChI=1S/C16H33N3/c1-5-14-7-6-8-16(14,13-17)19-11-9-18(10-12-19)15(2,3)4/h14H,5-13,17H2,1-4H3. The molecular formula is C16H33N3. The van der Waals surface area contributed by atoms with Crippen molar-refractivity contribution >= 4 is 0 Å². The lowest BCUT2D eigenvalue weighted by atomic mass is 9.82. The molecule has 0 spiro atoms. The van der Waals surface area contributed by atoms with Gasteiger partial charge in [0.15, 0.2) is 0 Å². The Morgan fingerprint density at radius 2 is 1.79 bits per heavy atom. The summed E-state index contributed by atoms with van der Waals surface area (Å²) < 4.78 is 0. The maximum Gasteiger partial charge on any atom is 0.0360 e. The number of hydrogen-bond donors (Lipinski definition) is 1. The molecule has 1 aliphatic carbocycles. The van der Waals surface area contributed by atoms with Gasteiger partial charge in [0.25, 0.3) is 0 Å². The van der Waals surface area contributed by atoms with E-state index in [2.05, 4.69) is 37.5 Å². The number of nitrogens with two attached hydrogens (primary N) is 1. The Morgan fingerprint density at radius 3 is 2.26 bits per heavy atom. The minimum atomic E-state index is 0.307. The lowest BCUT2D eigenvalue weighted by molar-refractivity contribution is -0.0136. The van der Waals surface area contributed by atoms with Crippen molar-refractivity contribution < 1.29 is 0 Å². The van der Waals surface area contributed by atoms with Crippen LogP contribution in [0.2, 0.25) is 0 Å². The maximum atomic E-state index is 6.23. The molecule has 0 amide bonds. The highest BCUT2D eigenvalue weighted by molar-refractivity contribution is 5.03. The van der Waals surface area contributed by atoms with E-state index in [1.165, 1.54) is 51.9 Å². The molecule has 0 radical (unpaired) electrons. The quantitative estimate of drug-likeness (QED) is 0.852. The van der Waals surface area contributed by atoms with Gasteiger partial charge >= 0.3 is 0 Å². The van der Waals surface area contributed by atoms with Gasteiger partial charge in [-0.25, -0.2) is 0 Å². The summed E-state index contributed by atoms with van der Waals surface area (Å²) >= 11 is 0. The Kier molecular flexibility index (Phi) is 4.59. The SMILES string of the molecule is CCC1CCCC1(CN)N1CCN(C(C)(C)C)CC1. The molecule has 112 valence electrons. The molecule has 3 heteroatoms. The van der Waals surface area contributed by atoms with Crippen molar-refractivity contribution in [2.45, 2.75) is 64.5 Å². The minimum absolute atomic E-state index is 0.307. The van der Waals surface area contributed by atoms with E-state index < -0.39 is 0 Å². The number of rotatable bonds is 3. The van der Waals surface area contributed by atoms with E-state index in [0.717, 1.165) is 12.5 Å². The van der Waals surface area contributed by atoms with E-state index in [-0.39, 0.29) is 0 Å². The average Bonchev–Trinajstić information content (AvgIpc) is 2.82. The second-order valence-electron chi connectivity index (χ2n) is 7.45. The van der Waals surface area contributed by atoms with Gasteiger partial charge in [-0.15, -0.1) is 0 Å². The maximum absolute atomic E-state index is 6.23. The van der Waals surface area contributed by atoms with Gasteiger partial charge in [-0.1, -0.05) is 19.8 Å². The Hall–Kier alpha value is -0.120. The molecule has 0 aromatic heterocycles. The summed E-state index contributed by atoms with van der Waals surface area (Å²) in [5.74, 6) is 0.818. The molecule has 1 aliphatic heterocycles. The van der Waals surface area contributed by atoms with Crippen LogP contribution in [0.15, 0.2) is 0 Å². The fraction of sp³-hybridized carbons (Fsp3) is 1.00. The van der Waals surface area contributed by atoms with Gasteiger partial charge in [-0.05, 0) is 39.5 Å². The van der Waals surface area contributed by atoms with E-state index in [1.807, 2.05) is 0 Å². The van der Waals surface area contributed by atoms with Crippen LogP contribution in [0, 0.1) is 5.92 Å². The predicted molar refractivity (Wildman–Crippen MR) is 82.3 cm³/mol. The average molecular weight is 267 g/mol. The molecular weight excluding hydrogens is 234 g/mol. The Labute approximate surface area is 119 Å². The third-order valence-corrected chi connectivity index (χ3v) is 5.63. The molecule has 2 fully saturated rings. The number of nitrogens with zero attached hydrogens (tertiary/aromatic N) is 2. The second-order valence-corrected chi connectivity index (χ2v) is 7.45. The van der Waals surface area contributed by atoms with Crippen LogP contribution in [0.5, 0.6) is 0 Å². The molecule has 2 aliphatic rings. The third kappa shape index (κ3) is 2.84. The highest BCUT2D eigenvalue weighted by Crippen LogP contribution is 2.42. The summed E-state index contributed by atoms with van der Waals surface area (Å²) in [4.78, 5) is 5.35. The monoisotopic (exact) mass is 267 g/mol. The van der Waals surface area contributed by atoms with Crippen molar-refractivity contribution in [3.05, 3.63) is 0 Å². The van der Waals surface area contributed by atoms with Crippen LogP contribution in [0.25, 0.3) is 0 Å². The van der Waals surface area contributed by atoms with Crippen LogP contribution in [-0.2, 0) is 0 Å². The molecule has 2 unspecified atom stereocenters. The summed E-state index contributed by atoms with van der Waals surface area (Å²) in [7, 11) is 0. The molecule has 2 N–H and O–H groups in total. The zero-order chi connectivity index (χ0) is 14.1. The van der Waals surface area contributed by atoms with E-state index in [9.17, 15) is 0 Å². The fourth-order valence-electron chi connectivity index (χ4n) is 4.35. The number of hydrogen-bond acceptors (Lipinski definition) is 3. The first-order chi connectivity index (χ1) is 8.94. The summed E-state index contributed by atoms with van der Waals surface area (Å²) in [6.45, 7) is 15.0. The third-order valence-electron chi connectivity index (χ3n) is 5.63. The molecule has 2 atom stereocenters. The van der Waals surface area contributed by atoms with Gasteiger partial charge < -0.3 is 5.73 Å². The van der Waals surface area contributed by atoms with Crippen molar-refractivity contribution in [2.24, 2.45) is 11.7 Å². The number of piperazine rings is 1. The summed E-state index contributed by atoms with van der Waals surface area (Å²) in [6, 6.07) is 0. The highest BCUT2D eigenvalue weighted by Gasteiger charge is 2.46. The van der Waals surface area contributed by atoms with Gasteiger partial charge in [0, 0.05) is 43.8 Å². The predicted octanol–water partition coefficient (Wildman–Crippen LogP) is 2.31. The van der Waals surface area contributed by atoms with E-state index >= 15 is 0 Å². The lowest BCUT2D eigenvalue weighted by Gasteiger charge is -2.51. The van der Waals surface area contributed by atoms with E-state index in [1.54, 1.807) is 0 Å². The molecule has 2 rings (SSSR count). The second kappa shape index (κ2) is 5.71.